The number of likely N-dealkylation sites (tertiary alicyclic amines) is 1. The maximum atomic E-state index is 12.6. The molecule has 0 bridgehead atoms. The van der Waals surface area contributed by atoms with Gasteiger partial charge in [-0.3, -0.25) is 4.79 Å². The number of esters is 1. The molecule has 0 radical (unpaired) electrons. The van der Waals surface area contributed by atoms with Crippen LogP contribution in [0.1, 0.15) is 64.7 Å². The van der Waals surface area contributed by atoms with Crippen molar-refractivity contribution < 1.29 is 9.53 Å². The number of fused-ring (bicyclic) bond motifs is 2. The summed E-state index contributed by atoms with van der Waals surface area (Å²) in [5, 5.41) is 0. The fourth-order valence-corrected chi connectivity index (χ4v) is 6.06. The highest BCUT2D eigenvalue weighted by Gasteiger charge is 2.55. The molecule has 4 rings (SSSR count). The summed E-state index contributed by atoms with van der Waals surface area (Å²) in [7, 11) is 0. The molecular weight excluding hydrogens is 298 g/mol. The predicted octanol–water partition coefficient (Wildman–Crippen LogP) is 4.18. The molecule has 2 aliphatic heterocycles. The van der Waals surface area contributed by atoms with Crippen molar-refractivity contribution >= 4 is 5.97 Å². The standard InChI is InChI=1S/C21H33NO2/c1-15-8-7-9-21(2)13-19-16(12-18(15)21)17(20(23)24-19)14-22-10-5-3-4-6-11-22/h16-19H,1,3-14H2,2H3/t16-,17+,18+,19-,21-/m1/s1. The van der Waals surface area contributed by atoms with Crippen molar-refractivity contribution in [1.29, 1.82) is 0 Å². The number of carbonyl (C=O) groups is 1. The lowest BCUT2D eigenvalue weighted by atomic mass is 9.55. The zero-order chi connectivity index (χ0) is 16.7. The molecule has 2 aliphatic carbocycles. The largest absolute Gasteiger partial charge is 0.462 e. The van der Waals surface area contributed by atoms with Crippen molar-refractivity contribution in [3.63, 3.8) is 0 Å². The van der Waals surface area contributed by atoms with E-state index in [2.05, 4.69) is 18.4 Å². The minimum atomic E-state index is 0.0853. The van der Waals surface area contributed by atoms with Gasteiger partial charge in [-0.05, 0) is 69.4 Å². The van der Waals surface area contributed by atoms with E-state index < -0.39 is 0 Å². The Bertz CT molecular complexity index is 508. The summed E-state index contributed by atoms with van der Waals surface area (Å²) < 4.78 is 5.90. The van der Waals surface area contributed by atoms with Gasteiger partial charge in [-0.15, -0.1) is 0 Å². The predicted molar refractivity (Wildman–Crippen MR) is 95.6 cm³/mol. The SMILES string of the molecule is C=C1CCC[C@]2(C)C[C@H]3OC(=O)[C@@H](CN4CCCCCC4)[C@H]3C[C@@H]12. The summed E-state index contributed by atoms with van der Waals surface area (Å²) in [5.41, 5.74) is 1.75. The Morgan fingerprint density at radius 2 is 1.96 bits per heavy atom. The molecule has 5 atom stereocenters. The van der Waals surface area contributed by atoms with E-state index in [0.717, 1.165) is 32.5 Å². The summed E-state index contributed by atoms with van der Waals surface area (Å²) in [5.74, 6) is 1.22. The topological polar surface area (TPSA) is 29.5 Å². The first-order valence-corrected chi connectivity index (χ1v) is 10.2. The van der Waals surface area contributed by atoms with Gasteiger partial charge in [0.15, 0.2) is 0 Å². The van der Waals surface area contributed by atoms with Crippen LogP contribution >= 0.6 is 0 Å². The van der Waals surface area contributed by atoms with Crippen LogP contribution in [0.4, 0.5) is 0 Å². The van der Waals surface area contributed by atoms with E-state index in [1.807, 2.05) is 0 Å². The van der Waals surface area contributed by atoms with Crippen LogP contribution in [0.5, 0.6) is 0 Å². The number of nitrogens with zero attached hydrogens (tertiary/aromatic N) is 1. The van der Waals surface area contributed by atoms with Crippen LogP contribution < -0.4 is 0 Å². The molecule has 0 aromatic rings. The Hall–Kier alpha value is -0.830. The molecule has 3 heteroatoms. The molecule has 0 aromatic heterocycles. The zero-order valence-electron chi connectivity index (χ0n) is 15.3. The maximum Gasteiger partial charge on any atom is 0.310 e. The van der Waals surface area contributed by atoms with E-state index in [9.17, 15) is 4.79 Å². The Balaban J connectivity index is 1.49. The van der Waals surface area contributed by atoms with Crippen LogP contribution in [0.3, 0.4) is 0 Å². The average Bonchev–Trinajstić information content (AvgIpc) is 2.72. The van der Waals surface area contributed by atoms with Crippen molar-refractivity contribution in [1.82, 2.24) is 4.90 Å². The fourth-order valence-electron chi connectivity index (χ4n) is 6.06. The van der Waals surface area contributed by atoms with Crippen LogP contribution in [-0.2, 0) is 9.53 Å². The summed E-state index contributed by atoms with van der Waals surface area (Å²) >= 11 is 0. The first kappa shape index (κ1) is 16.6. The molecule has 0 amide bonds. The van der Waals surface area contributed by atoms with Crippen molar-refractivity contribution in [3.05, 3.63) is 12.2 Å². The van der Waals surface area contributed by atoms with Crippen molar-refractivity contribution in [2.75, 3.05) is 19.6 Å². The zero-order valence-corrected chi connectivity index (χ0v) is 15.3. The van der Waals surface area contributed by atoms with Gasteiger partial charge < -0.3 is 9.64 Å². The van der Waals surface area contributed by atoms with Crippen molar-refractivity contribution in [2.45, 2.75) is 70.8 Å². The quantitative estimate of drug-likeness (QED) is 0.562. The third kappa shape index (κ3) is 2.94. The van der Waals surface area contributed by atoms with E-state index in [-0.39, 0.29) is 18.0 Å². The lowest BCUT2D eigenvalue weighted by Gasteiger charge is -2.50. The highest BCUT2D eigenvalue weighted by atomic mass is 16.6. The first-order chi connectivity index (χ1) is 11.6. The number of ether oxygens (including phenoxy) is 1. The van der Waals surface area contributed by atoms with E-state index in [0.29, 0.717) is 17.3 Å². The lowest BCUT2D eigenvalue weighted by molar-refractivity contribution is -0.146. The summed E-state index contributed by atoms with van der Waals surface area (Å²) in [6.45, 7) is 10.1. The second-order valence-electron chi connectivity index (χ2n) is 9.12. The van der Waals surface area contributed by atoms with Crippen molar-refractivity contribution in [2.24, 2.45) is 23.2 Å². The van der Waals surface area contributed by atoms with Crippen molar-refractivity contribution in [3.8, 4) is 0 Å². The van der Waals surface area contributed by atoms with Crippen LogP contribution in [0.25, 0.3) is 0 Å². The van der Waals surface area contributed by atoms with Gasteiger partial charge in [0, 0.05) is 12.5 Å². The molecule has 4 fully saturated rings. The molecule has 2 saturated carbocycles. The smallest absolute Gasteiger partial charge is 0.310 e. The third-order valence-electron chi connectivity index (χ3n) is 7.47. The number of hydrogen-bond acceptors (Lipinski definition) is 3. The number of hydrogen-bond donors (Lipinski definition) is 0. The van der Waals surface area contributed by atoms with Crippen LogP contribution in [0, 0.1) is 23.2 Å². The minimum absolute atomic E-state index is 0.0853. The molecule has 0 unspecified atom stereocenters. The number of carbonyl (C=O) groups excluding carboxylic acids is 1. The number of rotatable bonds is 2. The highest BCUT2D eigenvalue weighted by molar-refractivity contribution is 5.75. The molecule has 2 saturated heterocycles. The van der Waals surface area contributed by atoms with Gasteiger partial charge in [-0.1, -0.05) is 31.9 Å². The molecule has 134 valence electrons. The van der Waals surface area contributed by atoms with Gasteiger partial charge in [0.05, 0.1) is 5.92 Å². The molecule has 24 heavy (non-hydrogen) atoms. The van der Waals surface area contributed by atoms with Gasteiger partial charge >= 0.3 is 5.97 Å². The molecular formula is C21H33NO2. The summed E-state index contributed by atoms with van der Waals surface area (Å²) in [6.07, 6.45) is 11.3. The monoisotopic (exact) mass is 331 g/mol. The maximum absolute atomic E-state index is 12.6. The van der Waals surface area contributed by atoms with Crippen LogP contribution in [0.2, 0.25) is 0 Å². The van der Waals surface area contributed by atoms with E-state index >= 15 is 0 Å². The average molecular weight is 332 g/mol. The third-order valence-corrected chi connectivity index (χ3v) is 7.47. The molecule has 0 N–H and O–H groups in total. The Morgan fingerprint density at radius 1 is 1.21 bits per heavy atom. The van der Waals surface area contributed by atoms with E-state index in [4.69, 9.17) is 4.74 Å². The van der Waals surface area contributed by atoms with Crippen LogP contribution in [0.15, 0.2) is 12.2 Å². The molecule has 3 nitrogen and oxygen atoms in total. The Labute approximate surface area is 146 Å². The van der Waals surface area contributed by atoms with Gasteiger partial charge in [0.1, 0.15) is 6.10 Å². The normalized spacial score (nSPS) is 43.7. The lowest BCUT2D eigenvalue weighted by Crippen LogP contribution is -2.45. The Kier molecular flexibility index (Phi) is 4.49. The highest BCUT2D eigenvalue weighted by Crippen LogP contribution is 2.56. The van der Waals surface area contributed by atoms with Gasteiger partial charge in [0.25, 0.3) is 0 Å². The molecule has 0 spiro atoms. The number of allylic oxidation sites excluding steroid dienone is 1. The second kappa shape index (κ2) is 6.48. The minimum Gasteiger partial charge on any atom is -0.462 e. The van der Waals surface area contributed by atoms with Gasteiger partial charge in [0.2, 0.25) is 0 Å². The van der Waals surface area contributed by atoms with E-state index in [1.165, 1.54) is 50.5 Å². The summed E-state index contributed by atoms with van der Waals surface area (Å²) in [6, 6.07) is 0. The van der Waals surface area contributed by atoms with Gasteiger partial charge in [-0.25, -0.2) is 0 Å². The van der Waals surface area contributed by atoms with Gasteiger partial charge in [-0.2, -0.15) is 0 Å². The summed E-state index contributed by atoms with van der Waals surface area (Å²) in [4.78, 5) is 15.2. The Morgan fingerprint density at radius 3 is 2.71 bits per heavy atom. The molecule has 4 aliphatic rings. The second-order valence-corrected chi connectivity index (χ2v) is 9.12. The molecule has 0 aromatic carbocycles. The molecule has 2 heterocycles. The van der Waals surface area contributed by atoms with Crippen LogP contribution in [-0.4, -0.2) is 36.6 Å². The first-order valence-electron chi connectivity index (χ1n) is 10.2. The van der Waals surface area contributed by atoms with E-state index in [1.54, 1.807) is 0 Å². The fraction of sp³-hybridized carbons (Fsp3) is 0.857.